The van der Waals surface area contributed by atoms with Gasteiger partial charge in [-0.25, -0.2) is 0 Å². The van der Waals surface area contributed by atoms with Crippen molar-refractivity contribution in [1.29, 1.82) is 0 Å². The Morgan fingerprint density at radius 1 is 1.40 bits per heavy atom. The highest BCUT2D eigenvalue weighted by Gasteiger charge is 2.33. The number of carbonyl (C=O) groups is 1. The van der Waals surface area contributed by atoms with Gasteiger partial charge in [0.15, 0.2) is 0 Å². The lowest BCUT2D eigenvalue weighted by Crippen LogP contribution is -2.40. The molecule has 2 atom stereocenters. The molecule has 1 aliphatic carbocycles. The quantitative estimate of drug-likeness (QED) is 0.700. The summed E-state index contributed by atoms with van der Waals surface area (Å²) in [6, 6.07) is 0.139. The zero-order valence-corrected chi connectivity index (χ0v) is 10.7. The molecule has 1 fully saturated rings. The molecular formula is C12H22ClNO. The predicted octanol–water partition coefficient (Wildman–Crippen LogP) is 2.80. The molecule has 1 saturated carbocycles. The highest BCUT2D eigenvalue weighted by molar-refractivity contribution is 6.18. The third kappa shape index (κ3) is 4.42. The van der Waals surface area contributed by atoms with Gasteiger partial charge in [0, 0.05) is 17.8 Å². The first kappa shape index (κ1) is 12.8. The maximum absolute atomic E-state index is 11.8. The van der Waals surface area contributed by atoms with E-state index in [9.17, 15) is 4.79 Å². The Labute approximate surface area is 97.8 Å². The van der Waals surface area contributed by atoms with E-state index in [2.05, 4.69) is 19.2 Å². The van der Waals surface area contributed by atoms with Crippen LogP contribution < -0.4 is 5.32 Å². The van der Waals surface area contributed by atoms with E-state index in [0.29, 0.717) is 17.7 Å². The van der Waals surface area contributed by atoms with Gasteiger partial charge in [-0.05, 0) is 31.1 Å². The number of amides is 1. The molecule has 1 N–H and O–H groups in total. The van der Waals surface area contributed by atoms with Gasteiger partial charge < -0.3 is 5.32 Å². The van der Waals surface area contributed by atoms with Crippen LogP contribution in [0.25, 0.3) is 0 Å². The Bertz CT molecular complexity index is 214. The average Bonchev–Trinajstić information content (AvgIpc) is 2.97. The largest absolute Gasteiger partial charge is 0.352 e. The molecule has 0 heterocycles. The van der Waals surface area contributed by atoms with Crippen LogP contribution in [0.1, 0.15) is 40.0 Å². The average molecular weight is 232 g/mol. The summed E-state index contributed by atoms with van der Waals surface area (Å²) in [7, 11) is 0. The van der Waals surface area contributed by atoms with Crippen LogP contribution in [-0.2, 0) is 4.79 Å². The molecule has 1 rings (SSSR count). The number of rotatable bonds is 6. The van der Waals surface area contributed by atoms with Gasteiger partial charge in [0.05, 0.1) is 0 Å². The first-order valence-corrected chi connectivity index (χ1v) is 6.44. The maximum Gasteiger partial charge on any atom is 0.223 e. The maximum atomic E-state index is 11.8. The normalized spacial score (nSPS) is 20.1. The van der Waals surface area contributed by atoms with Crippen molar-refractivity contribution in [2.75, 3.05) is 5.88 Å². The minimum Gasteiger partial charge on any atom is -0.352 e. The number of nitrogens with one attached hydrogen (secondary N) is 1. The van der Waals surface area contributed by atoms with Gasteiger partial charge >= 0.3 is 0 Å². The van der Waals surface area contributed by atoms with Gasteiger partial charge in [-0.1, -0.05) is 20.8 Å². The second-order valence-electron chi connectivity index (χ2n) is 5.12. The van der Waals surface area contributed by atoms with Crippen LogP contribution >= 0.6 is 11.6 Å². The predicted molar refractivity (Wildman–Crippen MR) is 64.0 cm³/mol. The molecule has 1 aliphatic rings. The van der Waals surface area contributed by atoms with Crippen LogP contribution in [0.15, 0.2) is 0 Å². The Morgan fingerprint density at radius 3 is 2.40 bits per heavy atom. The smallest absolute Gasteiger partial charge is 0.223 e. The van der Waals surface area contributed by atoms with Gasteiger partial charge in [0.1, 0.15) is 0 Å². The lowest BCUT2D eigenvalue weighted by atomic mass is 10.0. The standard InChI is InChI=1S/C12H22ClNO/c1-8(2)6-11(7-13)14-12(15)9(3)10-4-5-10/h8-11H,4-7H2,1-3H3,(H,14,15). The summed E-state index contributed by atoms with van der Waals surface area (Å²) < 4.78 is 0. The Kier molecular flexibility index (Phi) is 4.91. The molecule has 0 aromatic heterocycles. The minimum absolute atomic E-state index is 0.139. The lowest BCUT2D eigenvalue weighted by molar-refractivity contribution is -0.125. The molecule has 0 aromatic rings. The molecule has 0 spiro atoms. The van der Waals surface area contributed by atoms with Crippen molar-refractivity contribution in [3.63, 3.8) is 0 Å². The first-order chi connectivity index (χ1) is 7.04. The molecule has 0 radical (unpaired) electrons. The van der Waals surface area contributed by atoms with Crippen molar-refractivity contribution in [1.82, 2.24) is 5.32 Å². The summed E-state index contributed by atoms with van der Waals surface area (Å²) in [5.74, 6) is 2.07. The van der Waals surface area contributed by atoms with Gasteiger partial charge in [-0.2, -0.15) is 0 Å². The van der Waals surface area contributed by atoms with Gasteiger partial charge in [-0.15, -0.1) is 11.6 Å². The summed E-state index contributed by atoms with van der Waals surface area (Å²) in [5, 5.41) is 3.05. The number of alkyl halides is 1. The van der Waals surface area contributed by atoms with Crippen molar-refractivity contribution in [3.8, 4) is 0 Å². The summed E-state index contributed by atoms with van der Waals surface area (Å²) in [5.41, 5.74) is 0. The van der Waals surface area contributed by atoms with Gasteiger partial charge in [0.25, 0.3) is 0 Å². The van der Waals surface area contributed by atoms with Crippen molar-refractivity contribution in [2.45, 2.75) is 46.1 Å². The molecule has 88 valence electrons. The fourth-order valence-corrected chi connectivity index (χ4v) is 2.08. The molecule has 0 aliphatic heterocycles. The molecule has 2 nitrogen and oxygen atoms in total. The lowest BCUT2D eigenvalue weighted by Gasteiger charge is -2.20. The summed E-state index contributed by atoms with van der Waals surface area (Å²) in [4.78, 5) is 11.8. The van der Waals surface area contributed by atoms with Crippen LogP contribution in [0.2, 0.25) is 0 Å². The summed E-state index contributed by atoms with van der Waals surface area (Å²) in [6.07, 6.45) is 3.39. The fourth-order valence-electron chi connectivity index (χ4n) is 1.87. The van der Waals surface area contributed by atoms with Crippen LogP contribution in [0, 0.1) is 17.8 Å². The molecule has 0 aromatic carbocycles. The Morgan fingerprint density at radius 2 is 2.00 bits per heavy atom. The van der Waals surface area contributed by atoms with E-state index in [0.717, 1.165) is 6.42 Å². The summed E-state index contributed by atoms with van der Waals surface area (Å²) in [6.45, 7) is 6.32. The van der Waals surface area contributed by atoms with Crippen LogP contribution in [0.5, 0.6) is 0 Å². The van der Waals surface area contributed by atoms with Crippen molar-refractivity contribution < 1.29 is 4.79 Å². The number of carbonyl (C=O) groups excluding carboxylic acids is 1. The van der Waals surface area contributed by atoms with E-state index in [-0.39, 0.29) is 17.9 Å². The number of hydrogen-bond acceptors (Lipinski definition) is 1. The van der Waals surface area contributed by atoms with Crippen molar-refractivity contribution in [3.05, 3.63) is 0 Å². The molecule has 3 heteroatoms. The molecule has 2 unspecified atom stereocenters. The second-order valence-corrected chi connectivity index (χ2v) is 5.42. The fraction of sp³-hybridized carbons (Fsp3) is 0.917. The minimum atomic E-state index is 0.139. The number of hydrogen-bond donors (Lipinski definition) is 1. The first-order valence-electron chi connectivity index (χ1n) is 5.91. The van der Waals surface area contributed by atoms with E-state index in [4.69, 9.17) is 11.6 Å². The molecule has 1 amide bonds. The zero-order valence-electron chi connectivity index (χ0n) is 9.92. The molecule has 0 bridgehead atoms. The Hall–Kier alpha value is -0.240. The Balaban J connectivity index is 2.32. The van der Waals surface area contributed by atoms with Crippen LogP contribution in [0.4, 0.5) is 0 Å². The van der Waals surface area contributed by atoms with Gasteiger partial charge in [0.2, 0.25) is 5.91 Å². The molecule has 15 heavy (non-hydrogen) atoms. The van der Waals surface area contributed by atoms with Crippen molar-refractivity contribution in [2.24, 2.45) is 17.8 Å². The number of halogens is 1. The molecule has 0 saturated heterocycles. The topological polar surface area (TPSA) is 29.1 Å². The molecular weight excluding hydrogens is 210 g/mol. The van der Waals surface area contributed by atoms with E-state index < -0.39 is 0 Å². The zero-order chi connectivity index (χ0) is 11.4. The summed E-state index contributed by atoms with van der Waals surface area (Å²) >= 11 is 5.84. The second kappa shape index (κ2) is 5.74. The van der Waals surface area contributed by atoms with E-state index in [1.807, 2.05) is 6.92 Å². The SMILES string of the molecule is CC(C)CC(CCl)NC(=O)C(C)C1CC1. The van der Waals surface area contributed by atoms with E-state index in [1.54, 1.807) is 0 Å². The third-order valence-electron chi connectivity index (χ3n) is 3.03. The van der Waals surface area contributed by atoms with Crippen LogP contribution in [-0.4, -0.2) is 17.8 Å². The monoisotopic (exact) mass is 231 g/mol. The van der Waals surface area contributed by atoms with E-state index in [1.165, 1.54) is 12.8 Å². The van der Waals surface area contributed by atoms with E-state index >= 15 is 0 Å². The highest BCUT2D eigenvalue weighted by Crippen LogP contribution is 2.36. The van der Waals surface area contributed by atoms with Crippen LogP contribution in [0.3, 0.4) is 0 Å². The van der Waals surface area contributed by atoms with Crippen molar-refractivity contribution >= 4 is 17.5 Å². The highest BCUT2D eigenvalue weighted by atomic mass is 35.5. The van der Waals surface area contributed by atoms with Gasteiger partial charge in [-0.3, -0.25) is 4.79 Å². The third-order valence-corrected chi connectivity index (χ3v) is 3.40.